The van der Waals surface area contributed by atoms with Gasteiger partial charge >= 0.3 is 5.97 Å². The minimum absolute atomic E-state index is 0.349. The predicted octanol–water partition coefficient (Wildman–Crippen LogP) is 2.19. The van der Waals surface area contributed by atoms with Crippen LogP contribution in [0.5, 0.6) is 5.75 Å². The van der Waals surface area contributed by atoms with Crippen molar-refractivity contribution in [2.45, 2.75) is 12.8 Å². The summed E-state index contributed by atoms with van der Waals surface area (Å²) < 4.78 is 10.2. The van der Waals surface area contributed by atoms with Crippen LogP contribution in [0, 0.1) is 17.2 Å². The lowest BCUT2D eigenvalue weighted by Crippen LogP contribution is -2.44. The Morgan fingerprint density at radius 1 is 1.38 bits per heavy atom. The Balaban J connectivity index is 2.54. The Morgan fingerprint density at radius 3 is 2.54 bits per heavy atom. The first-order valence-corrected chi connectivity index (χ1v) is 8.59. The number of nitrogens with one attached hydrogen (secondary N) is 1. The van der Waals surface area contributed by atoms with Gasteiger partial charge in [0.25, 0.3) is 0 Å². The van der Waals surface area contributed by atoms with Crippen LogP contribution < -0.4 is 10.1 Å². The number of carbonyl (C=O) groups excluding carboxylic acids is 2. The lowest BCUT2D eigenvalue weighted by atomic mass is 9.78. The van der Waals surface area contributed by atoms with Crippen molar-refractivity contribution in [2.24, 2.45) is 5.92 Å². The van der Waals surface area contributed by atoms with Crippen LogP contribution in [0.2, 0.25) is 0 Å². The van der Waals surface area contributed by atoms with E-state index in [1.165, 1.54) is 18.9 Å². The molecule has 0 unspecified atom stereocenters. The number of amides is 1. The quantitative estimate of drug-likeness (QED) is 0.649. The van der Waals surface area contributed by atoms with Gasteiger partial charge in [-0.2, -0.15) is 5.26 Å². The molecule has 1 heterocycles. The number of hydrogen-bond acceptors (Lipinski definition) is 6. The van der Waals surface area contributed by atoms with Crippen LogP contribution >= 0.6 is 11.8 Å². The van der Waals surface area contributed by atoms with Crippen LogP contribution in [0.25, 0.3) is 0 Å². The number of rotatable bonds is 5. The molecule has 0 aromatic heterocycles. The van der Waals surface area contributed by atoms with Crippen molar-refractivity contribution >= 4 is 23.6 Å². The average molecular weight is 346 g/mol. The fourth-order valence-electron chi connectivity index (χ4n) is 2.66. The number of esters is 1. The second-order valence-corrected chi connectivity index (χ2v) is 5.85. The Labute approximate surface area is 144 Å². The van der Waals surface area contributed by atoms with Gasteiger partial charge in [0.15, 0.2) is 0 Å². The highest BCUT2D eigenvalue weighted by atomic mass is 32.2. The molecule has 0 saturated carbocycles. The van der Waals surface area contributed by atoms with Crippen molar-refractivity contribution in [3.05, 3.63) is 40.4 Å². The third kappa shape index (κ3) is 3.39. The SMILES string of the molecule is CCOc1ccc([C@H]2C(C#N)=C(SC)NC(=O)[C@H]2C(=O)OC)cc1. The molecule has 0 spiro atoms. The number of benzene rings is 1. The van der Waals surface area contributed by atoms with Gasteiger partial charge in [-0.1, -0.05) is 12.1 Å². The van der Waals surface area contributed by atoms with E-state index < -0.39 is 23.7 Å². The van der Waals surface area contributed by atoms with Crippen LogP contribution in [0.3, 0.4) is 0 Å². The molecule has 2 rings (SSSR count). The first kappa shape index (κ1) is 17.9. The molecule has 6 nitrogen and oxygen atoms in total. The van der Waals surface area contributed by atoms with Crippen LogP contribution in [0.4, 0.5) is 0 Å². The summed E-state index contributed by atoms with van der Waals surface area (Å²) in [6.45, 7) is 2.42. The fourth-order valence-corrected chi connectivity index (χ4v) is 3.26. The van der Waals surface area contributed by atoms with Crippen molar-refractivity contribution < 1.29 is 19.1 Å². The number of ether oxygens (including phenoxy) is 2. The van der Waals surface area contributed by atoms with Crippen LogP contribution in [0.1, 0.15) is 18.4 Å². The summed E-state index contributed by atoms with van der Waals surface area (Å²) >= 11 is 1.26. The summed E-state index contributed by atoms with van der Waals surface area (Å²) in [5, 5.41) is 12.7. The summed E-state index contributed by atoms with van der Waals surface area (Å²) in [5.41, 5.74) is 1.04. The third-order valence-corrected chi connectivity index (χ3v) is 4.47. The van der Waals surface area contributed by atoms with E-state index in [0.717, 1.165) is 0 Å². The lowest BCUT2D eigenvalue weighted by Gasteiger charge is -2.30. The van der Waals surface area contributed by atoms with Crippen molar-refractivity contribution in [1.29, 1.82) is 5.26 Å². The van der Waals surface area contributed by atoms with Crippen molar-refractivity contribution in [1.82, 2.24) is 5.32 Å². The number of hydrogen-bond donors (Lipinski definition) is 1. The monoisotopic (exact) mass is 346 g/mol. The van der Waals surface area contributed by atoms with Crippen LogP contribution in [0.15, 0.2) is 34.9 Å². The van der Waals surface area contributed by atoms with E-state index in [4.69, 9.17) is 9.47 Å². The maximum atomic E-state index is 12.4. The normalized spacial score (nSPS) is 20.2. The van der Waals surface area contributed by atoms with E-state index in [-0.39, 0.29) is 0 Å². The first-order chi connectivity index (χ1) is 11.6. The highest BCUT2D eigenvalue weighted by molar-refractivity contribution is 8.02. The molecule has 2 atom stereocenters. The summed E-state index contributed by atoms with van der Waals surface area (Å²) in [5.74, 6) is -2.24. The van der Waals surface area contributed by atoms with E-state index in [2.05, 4.69) is 11.4 Å². The highest BCUT2D eigenvalue weighted by Crippen LogP contribution is 2.39. The van der Waals surface area contributed by atoms with Gasteiger partial charge in [-0.15, -0.1) is 11.8 Å². The van der Waals surface area contributed by atoms with E-state index in [1.54, 1.807) is 30.5 Å². The smallest absolute Gasteiger partial charge is 0.319 e. The molecule has 0 radical (unpaired) electrons. The number of allylic oxidation sites excluding steroid dienone is 1. The van der Waals surface area contributed by atoms with Gasteiger partial charge in [0, 0.05) is 5.92 Å². The fraction of sp³-hybridized carbons (Fsp3) is 0.353. The number of nitrogens with zero attached hydrogens (tertiary/aromatic N) is 1. The molecule has 1 aliphatic rings. The first-order valence-electron chi connectivity index (χ1n) is 7.37. The molecule has 1 amide bonds. The molecule has 0 aliphatic carbocycles. The molecular weight excluding hydrogens is 328 g/mol. The van der Waals surface area contributed by atoms with Gasteiger partial charge < -0.3 is 14.8 Å². The van der Waals surface area contributed by atoms with Gasteiger partial charge in [-0.3, -0.25) is 9.59 Å². The summed E-state index contributed by atoms with van der Waals surface area (Å²) in [4.78, 5) is 24.5. The Bertz CT molecular complexity index is 706. The molecule has 1 N–H and O–H groups in total. The number of methoxy groups -OCH3 is 1. The summed E-state index contributed by atoms with van der Waals surface area (Å²) in [6.07, 6.45) is 1.76. The van der Waals surface area contributed by atoms with E-state index in [1.807, 2.05) is 6.92 Å². The second kappa shape index (κ2) is 7.88. The summed E-state index contributed by atoms with van der Waals surface area (Å²) in [6, 6.07) is 9.17. The van der Waals surface area contributed by atoms with Crippen molar-refractivity contribution in [3.8, 4) is 11.8 Å². The highest BCUT2D eigenvalue weighted by Gasteiger charge is 2.44. The molecule has 0 saturated heterocycles. The Morgan fingerprint density at radius 2 is 2.04 bits per heavy atom. The van der Waals surface area contributed by atoms with Crippen LogP contribution in [-0.2, 0) is 14.3 Å². The minimum atomic E-state index is -1.10. The van der Waals surface area contributed by atoms with Crippen molar-refractivity contribution in [2.75, 3.05) is 20.0 Å². The second-order valence-electron chi connectivity index (χ2n) is 5.03. The maximum absolute atomic E-state index is 12.4. The number of nitriles is 1. The Kier molecular flexibility index (Phi) is 5.88. The van der Waals surface area contributed by atoms with Gasteiger partial charge in [-0.25, -0.2) is 0 Å². The van der Waals surface area contributed by atoms with Crippen molar-refractivity contribution in [3.63, 3.8) is 0 Å². The third-order valence-electron chi connectivity index (χ3n) is 3.74. The zero-order chi connectivity index (χ0) is 17.7. The Hall–Kier alpha value is -2.46. The van der Waals surface area contributed by atoms with Gasteiger partial charge in [0.05, 0.1) is 30.4 Å². The zero-order valence-electron chi connectivity index (χ0n) is 13.7. The molecule has 1 aliphatic heterocycles. The van der Waals surface area contributed by atoms with Gasteiger partial charge in [0.2, 0.25) is 5.91 Å². The molecule has 1 aromatic carbocycles. The largest absolute Gasteiger partial charge is 0.494 e. The molecule has 0 fully saturated rings. The maximum Gasteiger partial charge on any atom is 0.319 e. The number of thioether (sulfide) groups is 1. The zero-order valence-corrected chi connectivity index (χ0v) is 14.5. The summed E-state index contributed by atoms with van der Waals surface area (Å²) in [7, 11) is 1.23. The molecule has 7 heteroatoms. The predicted molar refractivity (Wildman–Crippen MR) is 90.2 cm³/mol. The topological polar surface area (TPSA) is 88.4 Å². The lowest BCUT2D eigenvalue weighted by molar-refractivity contribution is -0.150. The van der Waals surface area contributed by atoms with Crippen LogP contribution in [-0.4, -0.2) is 31.8 Å². The molecular formula is C17H18N2O4S. The minimum Gasteiger partial charge on any atom is -0.494 e. The van der Waals surface area contributed by atoms with E-state index in [9.17, 15) is 14.9 Å². The molecule has 126 valence electrons. The average Bonchev–Trinajstić information content (AvgIpc) is 2.61. The van der Waals surface area contributed by atoms with Gasteiger partial charge in [0.1, 0.15) is 11.7 Å². The number of carbonyl (C=O) groups is 2. The standard InChI is InChI=1S/C17H18N2O4S/c1-4-23-11-7-5-10(6-8-11)13-12(9-18)16(24-3)19-15(20)14(13)17(21)22-2/h5-8,13-14H,4H2,1-3H3,(H,19,20)/t13-,14-/m0/s1. The van der Waals surface area contributed by atoms with E-state index in [0.29, 0.717) is 28.5 Å². The molecule has 24 heavy (non-hydrogen) atoms. The molecule has 0 bridgehead atoms. The molecule has 1 aromatic rings. The van der Waals surface area contributed by atoms with E-state index >= 15 is 0 Å². The van der Waals surface area contributed by atoms with Gasteiger partial charge in [-0.05, 0) is 30.9 Å².